The van der Waals surface area contributed by atoms with E-state index in [1.165, 1.54) is 0 Å². The van der Waals surface area contributed by atoms with E-state index in [0.717, 1.165) is 30.7 Å². The topological polar surface area (TPSA) is 55.6 Å². The summed E-state index contributed by atoms with van der Waals surface area (Å²) in [6, 6.07) is 8.06. The van der Waals surface area contributed by atoms with Crippen molar-refractivity contribution in [3.63, 3.8) is 0 Å². The molecule has 4 nitrogen and oxygen atoms in total. The molecule has 1 unspecified atom stereocenters. The van der Waals surface area contributed by atoms with E-state index in [0.29, 0.717) is 13.0 Å². The predicted molar refractivity (Wildman–Crippen MR) is 70.4 cm³/mol. The van der Waals surface area contributed by atoms with Gasteiger partial charge in [0.15, 0.2) is 0 Å². The number of nitrogens with two attached hydrogens (primary N) is 1. The lowest BCUT2D eigenvalue weighted by atomic mass is 10.0. The highest BCUT2D eigenvalue weighted by Gasteiger charge is 2.30. The first-order valence-electron chi connectivity index (χ1n) is 6.40. The monoisotopic (exact) mass is 248 g/mol. The van der Waals surface area contributed by atoms with E-state index in [9.17, 15) is 4.79 Å². The molecule has 0 aromatic heterocycles. The summed E-state index contributed by atoms with van der Waals surface area (Å²) >= 11 is 0. The summed E-state index contributed by atoms with van der Waals surface area (Å²) in [5.41, 5.74) is 6.56. The normalized spacial score (nSPS) is 19.0. The Morgan fingerprint density at radius 2 is 2.28 bits per heavy atom. The van der Waals surface area contributed by atoms with Gasteiger partial charge in [0.05, 0.1) is 13.2 Å². The number of amides is 1. The fourth-order valence-corrected chi connectivity index (χ4v) is 2.60. The fraction of sp³-hybridized carbons (Fsp3) is 0.500. The van der Waals surface area contributed by atoms with Gasteiger partial charge in [-0.05, 0) is 18.9 Å². The second-order valence-corrected chi connectivity index (χ2v) is 4.53. The SMILES string of the molecule is COc1ccccc1C1CCCN1C(=O)CCN. The number of ether oxygens (including phenoxy) is 1. The molecule has 1 aromatic carbocycles. The lowest BCUT2D eigenvalue weighted by Gasteiger charge is -2.26. The molecule has 1 aromatic rings. The second-order valence-electron chi connectivity index (χ2n) is 4.53. The van der Waals surface area contributed by atoms with Gasteiger partial charge in [-0.1, -0.05) is 18.2 Å². The molecule has 0 aliphatic carbocycles. The van der Waals surface area contributed by atoms with Crippen molar-refractivity contribution >= 4 is 5.91 Å². The van der Waals surface area contributed by atoms with Crippen LogP contribution in [0.4, 0.5) is 0 Å². The molecular formula is C14H20N2O2. The number of carbonyl (C=O) groups is 1. The number of rotatable bonds is 4. The number of para-hydroxylation sites is 1. The van der Waals surface area contributed by atoms with Crippen molar-refractivity contribution in [2.45, 2.75) is 25.3 Å². The molecule has 1 fully saturated rings. The quantitative estimate of drug-likeness (QED) is 0.882. The standard InChI is InChI=1S/C14H20N2O2/c1-18-13-7-3-2-5-11(13)12-6-4-10-16(12)14(17)8-9-15/h2-3,5,7,12H,4,6,8-10,15H2,1H3. The maximum atomic E-state index is 12.0. The van der Waals surface area contributed by atoms with E-state index in [2.05, 4.69) is 0 Å². The zero-order valence-corrected chi connectivity index (χ0v) is 10.8. The van der Waals surface area contributed by atoms with Crippen LogP contribution in [0, 0.1) is 0 Å². The average Bonchev–Trinajstić information content (AvgIpc) is 2.88. The third-order valence-electron chi connectivity index (χ3n) is 3.43. The van der Waals surface area contributed by atoms with Crippen molar-refractivity contribution < 1.29 is 9.53 Å². The molecule has 2 N–H and O–H groups in total. The van der Waals surface area contributed by atoms with E-state index >= 15 is 0 Å². The molecule has 2 rings (SSSR count). The molecule has 1 saturated heterocycles. The lowest BCUT2D eigenvalue weighted by molar-refractivity contribution is -0.131. The van der Waals surface area contributed by atoms with Gasteiger partial charge in [0.1, 0.15) is 5.75 Å². The van der Waals surface area contributed by atoms with Crippen molar-refractivity contribution in [3.05, 3.63) is 29.8 Å². The molecule has 0 bridgehead atoms. The summed E-state index contributed by atoms with van der Waals surface area (Å²) in [5.74, 6) is 1.00. The highest BCUT2D eigenvalue weighted by Crippen LogP contribution is 2.36. The van der Waals surface area contributed by atoms with Gasteiger partial charge in [-0.25, -0.2) is 0 Å². The Morgan fingerprint density at radius 1 is 1.50 bits per heavy atom. The summed E-state index contributed by atoms with van der Waals surface area (Å²) in [6.07, 6.45) is 2.46. The number of likely N-dealkylation sites (tertiary alicyclic amines) is 1. The van der Waals surface area contributed by atoms with Crippen LogP contribution in [0.1, 0.15) is 30.9 Å². The van der Waals surface area contributed by atoms with Crippen molar-refractivity contribution in [1.29, 1.82) is 0 Å². The largest absolute Gasteiger partial charge is 0.496 e. The summed E-state index contributed by atoms with van der Waals surface area (Å²) < 4.78 is 5.38. The summed E-state index contributed by atoms with van der Waals surface area (Å²) in [6.45, 7) is 1.23. The number of benzene rings is 1. The molecular weight excluding hydrogens is 228 g/mol. The molecule has 0 spiro atoms. The van der Waals surface area contributed by atoms with Crippen LogP contribution in [-0.4, -0.2) is 31.0 Å². The number of carbonyl (C=O) groups excluding carboxylic acids is 1. The van der Waals surface area contributed by atoms with Crippen LogP contribution in [-0.2, 0) is 4.79 Å². The van der Waals surface area contributed by atoms with Gasteiger partial charge in [0, 0.05) is 25.1 Å². The van der Waals surface area contributed by atoms with Gasteiger partial charge in [0.2, 0.25) is 5.91 Å². The van der Waals surface area contributed by atoms with E-state index in [4.69, 9.17) is 10.5 Å². The van der Waals surface area contributed by atoms with Gasteiger partial charge < -0.3 is 15.4 Å². The maximum Gasteiger partial charge on any atom is 0.224 e. The summed E-state index contributed by atoms with van der Waals surface area (Å²) in [7, 11) is 1.67. The zero-order valence-electron chi connectivity index (χ0n) is 10.8. The van der Waals surface area contributed by atoms with Gasteiger partial charge in [-0.2, -0.15) is 0 Å². The van der Waals surface area contributed by atoms with Crippen molar-refractivity contribution in [1.82, 2.24) is 4.90 Å². The Bertz CT molecular complexity index is 420. The zero-order chi connectivity index (χ0) is 13.0. The van der Waals surface area contributed by atoms with Crippen LogP contribution in [0.2, 0.25) is 0 Å². The van der Waals surface area contributed by atoms with Crippen molar-refractivity contribution in [3.8, 4) is 5.75 Å². The van der Waals surface area contributed by atoms with Gasteiger partial charge in [-0.3, -0.25) is 4.79 Å². The van der Waals surface area contributed by atoms with Crippen LogP contribution < -0.4 is 10.5 Å². The minimum atomic E-state index is 0.139. The first-order chi connectivity index (χ1) is 8.77. The molecule has 98 valence electrons. The molecule has 1 heterocycles. The number of nitrogens with zero attached hydrogens (tertiary/aromatic N) is 1. The molecule has 18 heavy (non-hydrogen) atoms. The minimum absolute atomic E-state index is 0.139. The first-order valence-corrected chi connectivity index (χ1v) is 6.40. The molecule has 0 radical (unpaired) electrons. The van der Waals surface area contributed by atoms with Crippen LogP contribution in [0.5, 0.6) is 5.75 Å². The Morgan fingerprint density at radius 3 is 3.00 bits per heavy atom. The highest BCUT2D eigenvalue weighted by atomic mass is 16.5. The smallest absolute Gasteiger partial charge is 0.224 e. The summed E-state index contributed by atoms with van der Waals surface area (Å²) in [5, 5.41) is 0. The van der Waals surface area contributed by atoms with E-state index in [-0.39, 0.29) is 11.9 Å². The molecule has 1 atom stereocenters. The molecule has 1 amide bonds. The van der Waals surface area contributed by atoms with Crippen LogP contribution in [0.25, 0.3) is 0 Å². The van der Waals surface area contributed by atoms with E-state index < -0.39 is 0 Å². The molecule has 4 heteroatoms. The maximum absolute atomic E-state index is 12.0. The fourth-order valence-electron chi connectivity index (χ4n) is 2.60. The molecule has 1 aliphatic rings. The van der Waals surface area contributed by atoms with Crippen molar-refractivity contribution in [2.75, 3.05) is 20.2 Å². The highest BCUT2D eigenvalue weighted by molar-refractivity contribution is 5.77. The van der Waals surface area contributed by atoms with E-state index in [1.54, 1.807) is 7.11 Å². The third kappa shape index (κ3) is 2.48. The Labute approximate surface area is 108 Å². The van der Waals surface area contributed by atoms with Crippen LogP contribution >= 0.6 is 0 Å². The number of methoxy groups -OCH3 is 1. The number of hydrogen-bond donors (Lipinski definition) is 1. The number of hydrogen-bond acceptors (Lipinski definition) is 3. The second kappa shape index (κ2) is 5.87. The van der Waals surface area contributed by atoms with Crippen LogP contribution in [0.3, 0.4) is 0 Å². The Balaban J connectivity index is 2.23. The minimum Gasteiger partial charge on any atom is -0.496 e. The summed E-state index contributed by atoms with van der Waals surface area (Å²) in [4.78, 5) is 14.0. The lowest BCUT2D eigenvalue weighted by Crippen LogP contribution is -2.32. The van der Waals surface area contributed by atoms with Crippen LogP contribution in [0.15, 0.2) is 24.3 Å². The van der Waals surface area contributed by atoms with Gasteiger partial charge in [0.25, 0.3) is 0 Å². The first kappa shape index (κ1) is 12.9. The molecule has 1 aliphatic heterocycles. The van der Waals surface area contributed by atoms with E-state index in [1.807, 2.05) is 29.2 Å². The molecule has 0 saturated carbocycles. The van der Waals surface area contributed by atoms with Crippen molar-refractivity contribution in [2.24, 2.45) is 5.73 Å². The van der Waals surface area contributed by atoms with Gasteiger partial charge in [-0.15, -0.1) is 0 Å². The Kier molecular flexibility index (Phi) is 4.20. The Hall–Kier alpha value is -1.55. The average molecular weight is 248 g/mol. The third-order valence-corrected chi connectivity index (χ3v) is 3.43. The predicted octanol–water partition coefficient (Wildman–Crippen LogP) is 1.71. The van der Waals surface area contributed by atoms with Gasteiger partial charge >= 0.3 is 0 Å².